The summed E-state index contributed by atoms with van der Waals surface area (Å²) in [5.41, 5.74) is 7.97. The van der Waals surface area contributed by atoms with Crippen LogP contribution < -0.4 is 16.0 Å². The van der Waals surface area contributed by atoms with Gasteiger partial charge in [-0.15, -0.1) is 0 Å². The molecule has 1 aromatic carbocycles. The van der Waals surface area contributed by atoms with Crippen molar-refractivity contribution in [2.24, 2.45) is 17.6 Å². The van der Waals surface area contributed by atoms with Crippen molar-refractivity contribution in [3.63, 3.8) is 0 Å². The van der Waals surface area contributed by atoms with Crippen molar-refractivity contribution in [2.45, 2.75) is 25.8 Å². The number of hydrogen-bond donors (Lipinski definition) is 2. The standard InChI is InChI=1S/C23H27N5O3/c24-22(30)16-8-11-27(12-9-16)20-6-4-18(5-7-20)26-23(31)17-13-21(29)28(14-17)15-19-3-1-2-10-25-19/h1-7,10,16-17H,8-9,11-15H2,(H2,24,30)(H,26,31). The van der Waals surface area contributed by atoms with Gasteiger partial charge >= 0.3 is 0 Å². The second-order valence-corrected chi connectivity index (χ2v) is 8.20. The minimum Gasteiger partial charge on any atom is -0.371 e. The van der Waals surface area contributed by atoms with E-state index in [1.807, 2.05) is 42.5 Å². The smallest absolute Gasteiger partial charge is 0.229 e. The second-order valence-electron chi connectivity index (χ2n) is 8.20. The van der Waals surface area contributed by atoms with Crippen LogP contribution in [0, 0.1) is 11.8 Å². The third kappa shape index (κ3) is 5.02. The van der Waals surface area contributed by atoms with Gasteiger partial charge in [0.05, 0.1) is 18.2 Å². The Balaban J connectivity index is 1.30. The van der Waals surface area contributed by atoms with Crippen LogP contribution in [-0.2, 0) is 20.9 Å². The molecule has 0 aliphatic carbocycles. The van der Waals surface area contributed by atoms with E-state index in [0.29, 0.717) is 18.8 Å². The number of primary amides is 1. The summed E-state index contributed by atoms with van der Waals surface area (Å²) in [5, 5.41) is 2.93. The van der Waals surface area contributed by atoms with Gasteiger partial charge in [0, 0.05) is 49.5 Å². The van der Waals surface area contributed by atoms with Gasteiger partial charge in [0.2, 0.25) is 17.7 Å². The molecule has 2 fully saturated rings. The lowest BCUT2D eigenvalue weighted by molar-refractivity contribution is -0.128. The highest BCUT2D eigenvalue weighted by Gasteiger charge is 2.34. The molecule has 162 valence electrons. The molecule has 4 rings (SSSR count). The number of likely N-dealkylation sites (tertiary alicyclic amines) is 1. The number of hydrogen-bond acceptors (Lipinski definition) is 5. The lowest BCUT2D eigenvalue weighted by atomic mass is 9.96. The number of anilines is 2. The van der Waals surface area contributed by atoms with Gasteiger partial charge in [0.25, 0.3) is 0 Å². The fraction of sp³-hybridized carbons (Fsp3) is 0.391. The molecule has 0 saturated carbocycles. The zero-order valence-electron chi connectivity index (χ0n) is 17.4. The Morgan fingerprint density at radius 3 is 2.45 bits per heavy atom. The molecule has 2 aromatic rings. The molecular formula is C23H27N5O3. The van der Waals surface area contributed by atoms with E-state index in [9.17, 15) is 14.4 Å². The van der Waals surface area contributed by atoms with Crippen LogP contribution in [0.4, 0.5) is 11.4 Å². The predicted octanol–water partition coefficient (Wildman–Crippen LogP) is 1.77. The molecule has 2 aliphatic rings. The van der Waals surface area contributed by atoms with Gasteiger partial charge in [-0.1, -0.05) is 6.07 Å². The molecule has 2 saturated heterocycles. The zero-order chi connectivity index (χ0) is 21.8. The lowest BCUT2D eigenvalue weighted by Crippen LogP contribution is -2.38. The van der Waals surface area contributed by atoms with Crippen LogP contribution in [0.5, 0.6) is 0 Å². The minimum absolute atomic E-state index is 0.0273. The first kappa shape index (κ1) is 20.8. The molecule has 0 radical (unpaired) electrons. The predicted molar refractivity (Wildman–Crippen MR) is 117 cm³/mol. The van der Waals surface area contributed by atoms with Crippen molar-refractivity contribution in [3.05, 3.63) is 54.4 Å². The first-order chi connectivity index (χ1) is 15.0. The van der Waals surface area contributed by atoms with E-state index in [4.69, 9.17) is 5.73 Å². The average molecular weight is 422 g/mol. The monoisotopic (exact) mass is 421 g/mol. The Bertz CT molecular complexity index is 939. The van der Waals surface area contributed by atoms with Crippen molar-refractivity contribution in [1.29, 1.82) is 0 Å². The summed E-state index contributed by atoms with van der Waals surface area (Å²) in [4.78, 5) is 44.5. The number of nitrogens with zero attached hydrogens (tertiary/aromatic N) is 3. The van der Waals surface area contributed by atoms with Crippen molar-refractivity contribution >= 4 is 29.1 Å². The number of carbonyl (C=O) groups is 3. The molecule has 8 heteroatoms. The molecule has 1 aromatic heterocycles. The highest BCUT2D eigenvalue weighted by Crippen LogP contribution is 2.26. The van der Waals surface area contributed by atoms with Gasteiger partial charge in [-0.3, -0.25) is 19.4 Å². The molecule has 3 amide bonds. The van der Waals surface area contributed by atoms with Crippen molar-refractivity contribution in [3.8, 4) is 0 Å². The molecule has 1 unspecified atom stereocenters. The quantitative estimate of drug-likeness (QED) is 0.739. The zero-order valence-corrected chi connectivity index (χ0v) is 17.4. The van der Waals surface area contributed by atoms with Gasteiger partial charge in [0.1, 0.15) is 0 Å². The normalized spacial score (nSPS) is 19.5. The number of nitrogens with one attached hydrogen (secondary N) is 1. The summed E-state index contributed by atoms with van der Waals surface area (Å²) in [6.07, 6.45) is 3.44. The first-order valence-corrected chi connectivity index (χ1v) is 10.6. The molecule has 2 aliphatic heterocycles. The van der Waals surface area contributed by atoms with Crippen LogP contribution in [0.1, 0.15) is 25.0 Å². The number of aromatic nitrogens is 1. The summed E-state index contributed by atoms with van der Waals surface area (Å²) in [7, 11) is 0. The van der Waals surface area contributed by atoms with Crippen LogP contribution in [0.25, 0.3) is 0 Å². The number of benzene rings is 1. The Morgan fingerprint density at radius 2 is 1.81 bits per heavy atom. The fourth-order valence-electron chi connectivity index (χ4n) is 4.21. The van der Waals surface area contributed by atoms with Gasteiger partial charge in [-0.2, -0.15) is 0 Å². The summed E-state index contributed by atoms with van der Waals surface area (Å²) >= 11 is 0. The van der Waals surface area contributed by atoms with Crippen molar-refractivity contribution in [1.82, 2.24) is 9.88 Å². The molecule has 3 heterocycles. The topological polar surface area (TPSA) is 109 Å². The molecule has 0 spiro atoms. The van der Waals surface area contributed by atoms with Crippen LogP contribution in [0.15, 0.2) is 48.7 Å². The average Bonchev–Trinajstić information content (AvgIpc) is 3.15. The second kappa shape index (κ2) is 9.16. The van der Waals surface area contributed by atoms with Crippen LogP contribution in [-0.4, -0.2) is 47.2 Å². The highest BCUT2D eigenvalue weighted by atomic mass is 16.2. The van der Waals surface area contributed by atoms with E-state index >= 15 is 0 Å². The van der Waals surface area contributed by atoms with E-state index in [1.165, 1.54) is 0 Å². The lowest BCUT2D eigenvalue weighted by Gasteiger charge is -2.32. The Labute approximate surface area is 181 Å². The Morgan fingerprint density at radius 1 is 1.06 bits per heavy atom. The van der Waals surface area contributed by atoms with Gasteiger partial charge < -0.3 is 20.9 Å². The molecule has 31 heavy (non-hydrogen) atoms. The Hall–Kier alpha value is -3.42. The van der Waals surface area contributed by atoms with E-state index in [-0.39, 0.29) is 36.0 Å². The largest absolute Gasteiger partial charge is 0.371 e. The van der Waals surface area contributed by atoms with E-state index in [0.717, 1.165) is 37.3 Å². The van der Waals surface area contributed by atoms with Crippen LogP contribution >= 0.6 is 0 Å². The third-order valence-electron chi connectivity index (χ3n) is 6.06. The van der Waals surface area contributed by atoms with Crippen LogP contribution in [0.3, 0.4) is 0 Å². The maximum atomic E-state index is 12.7. The number of nitrogens with two attached hydrogens (primary N) is 1. The SMILES string of the molecule is NC(=O)C1CCN(c2ccc(NC(=O)C3CC(=O)N(Cc4ccccn4)C3)cc2)CC1. The molecule has 1 atom stereocenters. The maximum absolute atomic E-state index is 12.7. The number of rotatable bonds is 6. The maximum Gasteiger partial charge on any atom is 0.229 e. The van der Waals surface area contributed by atoms with E-state index < -0.39 is 0 Å². The fourth-order valence-corrected chi connectivity index (χ4v) is 4.21. The summed E-state index contributed by atoms with van der Waals surface area (Å²) in [6, 6.07) is 13.3. The van der Waals surface area contributed by atoms with Crippen molar-refractivity contribution < 1.29 is 14.4 Å². The number of pyridine rings is 1. The molecule has 3 N–H and O–H groups in total. The molecule has 8 nitrogen and oxygen atoms in total. The van der Waals surface area contributed by atoms with Crippen molar-refractivity contribution in [2.75, 3.05) is 29.9 Å². The molecular weight excluding hydrogens is 394 g/mol. The number of amides is 3. The van der Waals surface area contributed by atoms with Gasteiger partial charge in [-0.25, -0.2) is 0 Å². The van der Waals surface area contributed by atoms with Crippen LogP contribution in [0.2, 0.25) is 0 Å². The third-order valence-corrected chi connectivity index (χ3v) is 6.06. The Kier molecular flexibility index (Phi) is 6.16. The number of piperidine rings is 1. The minimum atomic E-state index is -0.372. The molecule has 0 bridgehead atoms. The van der Waals surface area contributed by atoms with Gasteiger partial charge in [0.15, 0.2) is 0 Å². The first-order valence-electron chi connectivity index (χ1n) is 10.6. The highest BCUT2D eigenvalue weighted by molar-refractivity contribution is 5.97. The van der Waals surface area contributed by atoms with Gasteiger partial charge in [-0.05, 0) is 49.2 Å². The summed E-state index contributed by atoms with van der Waals surface area (Å²) < 4.78 is 0. The number of carbonyl (C=O) groups excluding carboxylic acids is 3. The summed E-state index contributed by atoms with van der Waals surface area (Å²) in [6.45, 7) is 2.39. The van der Waals surface area contributed by atoms with E-state index in [1.54, 1.807) is 11.1 Å². The summed E-state index contributed by atoms with van der Waals surface area (Å²) in [5.74, 6) is -0.806. The van der Waals surface area contributed by atoms with E-state index in [2.05, 4.69) is 15.2 Å².